The number of rotatable bonds is 6. The second-order valence-corrected chi connectivity index (χ2v) is 10.6. The Labute approximate surface area is 221 Å². The van der Waals surface area contributed by atoms with Crippen molar-refractivity contribution >= 4 is 5.78 Å². The quantitative estimate of drug-likeness (QED) is 0.337. The first-order valence-electron chi connectivity index (χ1n) is 13.1. The predicted molar refractivity (Wildman–Crippen MR) is 144 cm³/mol. The molecule has 2 aromatic heterocycles. The molecule has 1 aliphatic heterocycles. The van der Waals surface area contributed by atoms with Crippen molar-refractivity contribution in [3.8, 4) is 17.2 Å². The van der Waals surface area contributed by atoms with Crippen LogP contribution in [0, 0.1) is 24.1 Å². The van der Waals surface area contributed by atoms with Gasteiger partial charge in [0, 0.05) is 30.2 Å². The molecule has 196 valence electrons. The van der Waals surface area contributed by atoms with Gasteiger partial charge in [-0.05, 0) is 51.2 Å². The van der Waals surface area contributed by atoms with Crippen molar-refractivity contribution < 1.29 is 9.13 Å². The molecule has 38 heavy (non-hydrogen) atoms. The van der Waals surface area contributed by atoms with Gasteiger partial charge in [0.2, 0.25) is 5.78 Å². The average Bonchev–Trinajstić information content (AvgIpc) is 3.27. The van der Waals surface area contributed by atoms with E-state index in [1.807, 2.05) is 64.1 Å². The van der Waals surface area contributed by atoms with Crippen molar-refractivity contribution in [2.75, 3.05) is 6.61 Å². The molecule has 0 N–H and O–H groups in total. The predicted octanol–water partition coefficient (Wildman–Crippen LogP) is 5.55. The lowest BCUT2D eigenvalue weighted by atomic mass is 9.92. The van der Waals surface area contributed by atoms with Crippen molar-refractivity contribution in [1.82, 2.24) is 19.2 Å². The van der Waals surface area contributed by atoms with Crippen molar-refractivity contribution in [3.05, 3.63) is 86.8 Å². The highest BCUT2D eigenvalue weighted by Crippen LogP contribution is 2.33. The van der Waals surface area contributed by atoms with Gasteiger partial charge >= 0.3 is 0 Å². The van der Waals surface area contributed by atoms with Crippen LogP contribution in [0.2, 0.25) is 0 Å². The third kappa shape index (κ3) is 4.63. The topological polar surface area (TPSA) is 85.2 Å². The molecule has 1 saturated heterocycles. The monoisotopic (exact) mass is 513 g/mol. The molecule has 0 bridgehead atoms. The highest BCUT2D eigenvalue weighted by atomic mass is 19.1. The maximum Gasteiger partial charge on any atom is 0.259 e. The lowest BCUT2D eigenvalue weighted by Crippen LogP contribution is -2.40. The molecule has 0 amide bonds. The lowest BCUT2D eigenvalue weighted by Gasteiger charge is -2.36. The fraction of sp³-hybridized carbons (Fsp3) is 0.400. The van der Waals surface area contributed by atoms with E-state index < -0.39 is 5.82 Å². The van der Waals surface area contributed by atoms with Crippen molar-refractivity contribution in [2.24, 2.45) is 0 Å². The van der Waals surface area contributed by atoms with Gasteiger partial charge in [-0.25, -0.2) is 8.91 Å². The number of aryl methyl sites for hydroxylation is 2. The summed E-state index contributed by atoms with van der Waals surface area (Å²) >= 11 is 0. The minimum Gasteiger partial charge on any atom is -0.375 e. The van der Waals surface area contributed by atoms with Crippen LogP contribution in [0.25, 0.3) is 16.9 Å². The largest absolute Gasteiger partial charge is 0.375 e. The number of aromatic nitrogens is 4. The Hall–Kier alpha value is -3.83. The summed E-state index contributed by atoms with van der Waals surface area (Å²) in [5.74, 6) is 0.494. The molecule has 3 heterocycles. The summed E-state index contributed by atoms with van der Waals surface area (Å²) in [7, 11) is 0. The molecular weight excluding hydrogens is 481 g/mol. The molecule has 0 saturated carbocycles. The Morgan fingerprint density at radius 1 is 1.21 bits per heavy atom. The van der Waals surface area contributed by atoms with Crippen molar-refractivity contribution in [3.63, 3.8) is 0 Å². The van der Waals surface area contributed by atoms with E-state index in [1.165, 1.54) is 0 Å². The number of hydrogen-bond donors (Lipinski definition) is 0. The first-order chi connectivity index (χ1) is 18.2. The number of benzene rings is 2. The summed E-state index contributed by atoms with van der Waals surface area (Å²) in [5.41, 5.74) is 2.27. The van der Waals surface area contributed by atoms with E-state index in [-0.39, 0.29) is 29.2 Å². The van der Waals surface area contributed by atoms with Crippen molar-refractivity contribution in [2.45, 2.75) is 71.4 Å². The Bertz CT molecular complexity index is 1600. The standard InChI is InChI=1S/C30H32FN5O2/c1-5-9-26-24(16-21-12-13-23(25(18-32)27(21)31)20-10-7-6-8-11-20)28(37)35(29-33-19(2)34-36(26)29)22-14-15-38-30(3,4)17-22/h6-8,10-13,22H,5,9,14-17H2,1-4H3. The number of nitriles is 1. The molecule has 5 rings (SSSR count). The van der Waals surface area contributed by atoms with Crippen LogP contribution in [0.3, 0.4) is 0 Å². The Balaban J connectivity index is 1.69. The minimum absolute atomic E-state index is 0.0186. The minimum atomic E-state index is -0.593. The summed E-state index contributed by atoms with van der Waals surface area (Å²) in [6, 6.07) is 14.7. The van der Waals surface area contributed by atoms with Crippen LogP contribution in [0.5, 0.6) is 0 Å². The van der Waals surface area contributed by atoms with Gasteiger partial charge in [-0.1, -0.05) is 55.8 Å². The Morgan fingerprint density at radius 3 is 2.66 bits per heavy atom. The van der Waals surface area contributed by atoms with Gasteiger partial charge < -0.3 is 4.74 Å². The first-order valence-corrected chi connectivity index (χ1v) is 13.1. The van der Waals surface area contributed by atoms with Gasteiger partial charge in [0.1, 0.15) is 17.7 Å². The van der Waals surface area contributed by atoms with E-state index in [0.29, 0.717) is 54.2 Å². The van der Waals surface area contributed by atoms with Crippen molar-refractivity contribution in [1.29, 1.82) is 5.26 Å². The van der Waals surface area contributed by atoms with Crippen LogP contribution >= 0.6 is 0 Å². The normalized spacial score (nSPS) is 17.0. The summed E-state index contributed by atoms with van der Waals surface area (Å²) in [5, 5.41) is 14.5. The fourth-order valence-electron chi connectivity index (χ4n) is 5.56. The van der Waals surface area contributed by atoms with E-state index in [1.54, 1.807) is 21.2 Å². The summed E-state index contributed by atoms with van der Waals surface area (Å²) in [6.07, 6.45) is 2.77. The molecule has 2 aromatic carbocycles. The molecule has 1 aliphatic rings. The second kappa shape index (κ2) is 10.1. The zero-order valence-electron chi connectivity index (χ0n) is 22.3. The van der Waals surface area contributed by atoms with E-state index in [0.717, 1.165) is 17.7 Å². The molecule has 0 aliphatic carbocycles. The third-order valence-electron chi connectivity index (χ3n) is 7.30. The van der Waals surface area contributed by atoms with Crippen LogP contribution in [-0.4, -0.2) is 31.4 Å². The van der Waals surface area contributed by atoms with Gasteiger partial charge in [-0.2, -0.15) is 15.3 Å². The highest BCUT2D eigenvalue weighted by Gasteiger charge is 2.33. The average molecular weight is 514 g/mol. The van der Waals surface area contributed by atoms with Crippen LogP contribution in [0.1, 0.15) is 74.3 Å². The van der Waals surface area contributed by atoms with E-state index in [4.69, 9.17) is 4.74 Å². The molecule has 7 nitrogen and oxygen atoms in total. The second-order valence-electron chi connectivity index (χ2n) is 10.6. The zero-order valence-corrected chi connectivity index (χ0v) is 22.3. The molecular formula is C30H32FN5O2. The SMILES string of the molecule is CCCc1c(Cc2ccc(-c3ccccc3)c(C#N)c2F)c(=O)n(C2CCOC(C)(C)C2)c2nc(C)nn12. The van der Waals surface area contributed by atoms with Crippen LogP contribution in [0.15, 0.2) is 47.3 Å². The summed E-state index contributed by atoms with van der Waals surface area (Å²) in [4.78, 5) is 18.8. The molecule has 4 aromatic rings. The van der Waals surface area contributed by atoms with E-state index in [2.05, 4.69) is 10.1 Å². The molecule has 0 radical (unpaired) electrons. The summed E-state index contributed by atoms with van der Waals surface area (Å²) in [6.45, 7) is 8.43. The highest BCUT2D eigenvalue weighted by molar-refractivity contribution is 5.71. The van der Waals surface area contributed by atoms with Gasteiger partial charge in [-0.3, -0.25) is 9.36 Å². The fourth-order valence-corrected chi connectivity index (χ4v) is 5.56. The molecule has 1 unspecified atom stereocenters. The third-order valence-corrected chi connectivity index (χ3v) is 7.30. The lowest BCUT2D eigenvalue weighted by molar-refractivity contribution is -0.0691. The van der Waals surface area contributed by atoms with Crippen LogP contribution in [0.4, 0.5) is 4.39 Å². The number of hydrogen-bond acceptors (Lipinski definition) is 5. The van der Waals surface area contributed by atoms with Gasteiger partial charge in [-0.15, -0.1) is 0 Å². The van der Waals surface area contributed by atoms with Gasteiger partial charge in [0.15, 0.2) is 0 Å². The molecule has 1 atom stereocenters. The number of nitrogens with zero attached hydrogens (tertiary/aromatic N) is 5. The maximum absolute atomic E-state index is 15.8. The number of halogens is 1. The Kier molecular flexibility index (Phi) is 6.89. The number of ether oxygens (including phenoxy) is 1. The summed E-state index contributed by atoms with van der Waals surface area (Å²) < 4.78 is 25.3. The Morgan fingerprint density at radius 2 is 1.97 bits per heavy atom. The van der Waals surface area contributed by atoms with Gasteiger partial charge in [0.25, 0.3) is 5.56 Å². The number of fused-ring (bicyclic) bond motifs is 1. The van der Waals surface area contributed by atoms with E-state index >= 15 is 4.39 Å². The van der Waals surface area contributed by atoms with Crippen LogP contribution < -0.4 is 5.56 Å². The first kappa shape index (κ1) is 25.8. The molecule has 1 fully saturated rings. The molecule has 0 spiro atoms. The van der Waals surface area contributed by atoms with Crippen LogP contribution in [-0.2, 0) is 17.6 Å². The maximum atomic E-state index is 15.8. The van der Waals surface area contributed by atoms with E-state index in [9.17, 15) is 10.1 Å². The zero-order chi connectivity index (χ0) is 27.0. The van der Waals surface area contributed by atoms with Gasteiger partial charge in [0.05, 0.1) is 16.9 Å². The smallest absolute Gasteiger partial charge is 0.259 e. The molecule has 8 heteroatoms.